The Hall–Kier alpha value is -1.96. The number of nitrogen functional groups attached to an aromatic ring is 2. The molecule has 4 N–H and O–H groups in total. The topological polar surface area (TPSA) is 113 Å². The maximum atomic E-state index is 5.25. The van der Waals surface area contributed by atoms with E-state index in [0.717, 1.165) is 0 Å². The van der Waals surface area contributed by atoms with E-state index in [1.165, 1.54) is 25.7 Å². The Labute approximate surface area is 106 Å². The number of ether oxygens (including phenoxy) is 1. The molecule has 2 aromatic heterocycles. The Kier molecular flexibility index (Phi) is 5.08. The Morgan fingerprint density at radius 2 is 1.53 bits per heavy atom. The summed E-state index contributed by atoms with van der Waals surface area (Å²) in [7, 11) is 1.53. The molecule has 0 radical (unpaired) electrons. The normalized spacial score (nSPS) is 9.06. The Morgan fingerprint density at radius 1 is 0.941 bits per heavy atom. The number of anilines is 2. The lowest BCUT2D eigenvalue weighted by atomic mass is 10.7. The number of methoxy groups -OCH3 is 1. The van der Waals surface area contributed by atoms with Crippen LogP contribution >= 0.6 is 15.9 Å². The van der Waals surface area contributed by atoms with Crippen LogP contribution in [0.25, 0.3) is 0 Å². The minimum Gasteiger partial charge on any atom is -0.480 e. The van der Waals surface area contributed by atoms with Crippen molar-refractivity contribution in [3.05, 3.63) is 29.4 Å². The fourth-order valence-electron chi connectivity index (χ4n) is 0.754. The molecule has 17 heavy (non-hydrogen) atoms. The fourth-order valence-corrected chi connectivity index (χ4v) is 0.959. The molecule has 2 rings (SSSR count). The molecule has 2 aromatic rings. The zero-order valence-electron chi connectivity index (χ0n) is 9.04. The van der Waals surface area contributed by atoms with Gasteiger partial charge in [-0.2, -0.15) is 0 Å². The van der Waals surface area contributed by atoms with Gasteiger partial charge in [-0.15, -0.1) is 0 Å². The second kappa shape index (κ2) is 6.59. The van der Waals surface area contributed by atoms with Gasteiger partial charge in [0.2, 0.25) is 5.88 Å². The quantitative estimate of drug-likeness (QED) is 0.803. The first-order valence-corrected chi connectivity index (χ1v) is 5.25. The number of aromatic nitrogens is 4. The molecular formula is C9H11BrN6O. The van der Waals surface area contributed by atoms with E-state index in [1.54, 1.807) is 6.20 Å². The van der Waals surface area contributed by atoms with E-state index in [4.69, 9.17) is 16.2 Å². The van der Waals surface area contributed by atoms with Crippen molar-refractivity contribution in [1.29, 1.82) is 0 Å². The van der Waals surface area contributed by atoms with E-state index in [-0.39, 0.29) is 0 Å². The van der Waals surface area contributed by atoms with Crippen molar-refractivity contribution in [2.75, 3.05) is 18.6 Å². The fraction of sp³-hybridized carbons (Fsp3) is 0.111. The minimum absolute atomic E-state index is 0.399. The molecule has 0 aromatic carbocycles. The molecule has 0 fully saturated rings. The van der Waals surface area contributed by atoms with Gasteiger partial charge in [0.15, 0.2) is 0 Å². The molecule has 0 aliphatic rings. The summed E-state index contributed by atoms with van der Waals surface area (Å²) in [4.78, 5) is 15.1. The number of rotatable bonds is 1. The molecule has 0 saturated carbocycles. The summed E-state index contributed by atoms with van der Waals surface area (Å²) in [5, 5.41) is 0. The lowest BCUT2D eigenvalue weighted by Gasteiger charge is -1.94. The minimum atomic E-state index is 0.399. The van der Waals surface area contributed by atoms with Crippen LogP contribution in [0.5, 0.6) is 5.88 Å². The van der Waals surface area contributed by atoms with Crippen molar-refractivity contribution < 1.29 is 4.74 Å². The zero-order valence-corrected chi connectivity index (χ0v) is 10.6. The van der Waals surface area contributed by atoms with Gasteiger partial charge in [0.1, 0.15) is 16.2 Å². The average Bonchev–Trinajstić information content (AvgIpc) is 2.35. The summed E-state index contributed by atoms with van der Waals surface area (Å²) in [6.45, 7) is 0. The molecule has 0 aliphatic carbocycles. The number of nitrogens with zero attached hydrogens (tertiary/aromatic N) is 4. The average molecular weight is 299 g/mol. The summed E-state index contributed by atoms with van der Waals surface area (Å²) in [5.74, 6) is 1.31. The summed E-state index contributed by atoms with van der Waals surface area (Å²) in [6.07, 6.45) is 5.95. The third kappa shape index (κ3) is 5.07. The maximum Gasteiger partial charge on any atom is 0.232 e. The standard InChI is InChI=1S/C5H7N3O.C4H4BrN3/c1-9-5-3-7-4(6)2-8-5;5-3-1-8-4(6)2-7-3/h2-3H,1H3,(H2,6,7);1-2H,(H2,6,8). The van der Waals surface area contributed by atoms with Gasteiger partial charge in [-0.1, -0.05) is 0 Å². The molecule has 0 aliphatic heterocycles. The Bertz CT molecular complexity index is 425. The summed E-state index contributed by atoms with van der Waals surface area (Å²) in [6, 6.07) is 0. The second-order valence-corrected chi connectivity index (χ2v) is 3.56. The van der Waals surface area contributed by atoms with Crippen LogP contribution in [0, 0.1) is 0 Å². The molecule has 0 saturated heterocycles. The number of hydrogen-bond donors (Lipinski definition) is 2. The largest absolute Gasteiger partial charge is 0.480 e. The van der Waals surface area contributed by atoms with Crippen molar-refractivity contribution in [1.82, 2.24) is 19.9 Å². The first-order chi connectivity index (χ1) is 8.11. The van der Waals surface area contributed by atoms with Gasteiger partial charge in [-0.05, 0) is 15.9 Å². The molecule has 90 valence electrons. The van der Waals surface area contributed by atoms with Crippen LogP contribution in [0.2, 0.25) is 0 Å². The van der Waals surface area contributed by atoms with Crippen LogP contribution in [0.15, 0.2) is 29.4 Å². The van der Waals surface area contributed by atoms with Crippen LogP contribution in [-0.4, -0.2) is 27.0 Å². The first kappa shape index (κ1) is 13.1. The van der Waals surface area contributed by atoms with E-state index in [9.17, 15) is 0 Å². The third-order valence-electron chi connectivity index (χ3n) is 1.50. The molecular weight excluding hydrogens is 288 g/mol. The predicted molar refractivity (Wildman–Crippen MR) is 67.1 cm³/mol. The van der Waals surface area contributed by atoms with Gasteiger partial charge in [-0.3, -0.25) is 0 Å². The van der Waals surface area contributed by atoms with E-state index in [1.807, 2.05) is 0 Å². The van der Waals surface area contributed by atoms with Crippen molar-refractivity contribution in [3.8, 4) is 5.88 Å². The van der Waals surface area contributed by atoms with Crippen LogP contribution in [0.4, 0.5) is 11.6 Å². The molecule has 0 spiro atoms. The number of halogens is 1. The predicted octanol–water partition coefficient (Wildman–Crippen LogP) is 0.889. The van der Waals surface area contributed by atoms with Gasteiger partial charge in [0.05, 0.1) is 31.9 Å². The van der Waals surface area contributed by atoms with E-state index in [0.29, 0.717) is 22.1 Å². The van der Waals surface area contributed by atoms with Gasteiger partial charge >= 0.3 is 0 Å². The van der Waals surface area contributed by atoms with Crippen LogP contribution in [0.3, 0.4) is 0 Å². The highest BCUT2D eigenvalue weighted by molar-refractivity contribution is 9.10. The highest BCUT2D eigenvalue weighted by atomic mass is 79.9. The van der Waals surface area contributed by atoms with E-state index >= 15 is 0 Å². The first-order valence-electron chi connectivity index (χ1n) is 4.46. The number of hydrogen-bond acceptors (Lipinski definition) is 7. The maximum absolute atomic E-state index is 5.25. The molecule has 8 heteroatoms. The smallest absolute Gasteiger partial charge is 0.232 e. The Morgan fingerprint density at radius 3 is 1.88 bits per heavy atom. The summed E-state index contributed by atoms with van der Waals surface area (Å²) >= 11 is 3.12. The molecule has 2 heterocycles. The van der Waals surface area contributed by atoms with Crippen molar-refractivity contribution in [2.45, 2.75) is 0 Å². The van der Waals surface area contributed by atoms with Crippen molar-refractivity contribution >= 4 is 27.6 Å². The monoisotopic (exact) mass is 298 g/mol. The van der Waals surface area contributed by atoms with E-state index in [2.05, 4.69) is 35.9 Å². The summed E-state index contributed by atoms with van der Waals surface area (Å²) < 4.78 is 5.44. The number of nitrogens with two attached hydrogens (primary N) is 2. The third-order valence-corrected chi connectivity index (χ3v) is 1.91. The van der Waals surface area contributed by atoms with Gasteiger partial charge < -0.3 is 16.2 Å². The lowest BCUT2D eigenvalue weighted by molar-refractivity contribution is 0.396. The SMILES string of the molecule is COc1cnc(N)cn1.Nc1cnc(Br)cn1. The highest BCUT2D eigenvalue weighted by Gasteiger charge is 1.89. The molecule has 0 amide bonds. The zero-order chi connectivity index (χ0) is 12.7. The van der Waals surface area contributed by atoms with Crippen molar-refractivity contribution in [3.63, 3.8) is 0 Å². The summed E-state index contributed by atoms with van der Waals surface area (Å²) in [5.41, 5.74) is 10.5. The van der Waals surface area contributed by atoms with Gasteiger partial charge in [0.25, 0.3) is 0 Å². The van der Waals surface area contributed by atoms with Crippen LogP contribution in [-0.2, 0) is 0 Å². The second-order valence-electron chi connectivity index (χ2n) is 2.75. The molecule has 0 unspecified atom stereocenters. The highest BCUT2D eigenvalue weighted by Crippen LogP contribution is 2.02. The molecule has 0 bridgehead atoms. The Balaban J connectivity index is 0.000000171. The van der Waals surface area contributed by atoms with Gasteiger partial charge in [-0.25, -0.2) is 19.9 Å². The van der Waals surface area contributed by atoms with Crippen LogP contribution < -0.4 is 16.2 Å². The van der Waals surface area contributed by atoms with Gasteiger partial charge in [0, 0.05) is 0 Å². The molecule has 0 atom stereocenters. The lowest BCUT2D eigenvalue weighted by Crippen LogP contribution is -1.92. The van der Waals surface area contributed by atoms with E-state index < -0.39 is 0 Å². The van der Waals surface area contributed by atoms with Crippen molar-refractivity contribution in [2.24, 2.45) is 0 Å². The van der Waals surface area contributed by atoms with Crippen LogP contribution in [0.1, 0.15) is 0 Å². The molecule has 7 nitrogen and oxygen atoms in total.